The van der Waals surface area contributed by atoms with E-state index in [4.69, 9.17) is 5.11 Å². The van der Waals surface area contributed by atoms with Gasteiger partial charge in [-0.25, -0.2) is 0 Å². The Morgan fingerprint density at radius 2 is 2.27 bits per heavy atom. The molecule has 1 saturated carbocycles. The van der Waals surface area contributed by atoms with Gasteiger partial charge < -0.3 is 5.11 Å². The molecule has 0 radical (unpaired) electrons. The van der Waals surface area contributed by atoms with Crippen LogP contribution in [0.25, 0.3) is 0 Å². The molecule has 15 heavy (non-hydrogen) atoms. The fraction of sp³-hybridized carbons (Fsp3) is 0.545. The first kappa shape index (κ1) is 10.6. The first-order chi connectivity index (χ1) is 7.27. The highest BCUT2D eigenvalue weighted by atomic mass is 32.1. The number of carboxylic acids is 1. The summed E-state index contributed by atoms with van der Waals surface area (Å²) in [5.41, 5.74) is 0.874. The fourth-order valence-electron chi connectivity index (χ4n) is 2.08. The lowest BCUT2D eigenvalue weighted by atomic mass is 10.1. The molecule has 1 atom stereocenters. The average Bonchev–Trinajstić information content (AvgIpc) is 2.87. The molecule has 2 rings (SSSR count). The van der Waals surface area contributed by atoms with Gasteiger partial charge in [-0.2, -0.15) is 11.3 Å². The van der Waals surface area contributed by atoms with Gasteiger partial charge in [0.05, 0.1) is 0 Å². The number of carboxylic acid groups (broad SMARTS) is 1. The van der Waals surface area contributed by atoms with E-state index < -0.39 is 12.0 Å². The van der Waals surface area contributed by atoms with Crippen LogP contribution in [0.15, 0.2) is 16.8 Å². The van der Waals surface area contributed by atoms with Gasteiger partial charge in [0.15, 0.2) is 0 Å². The average molecular weight is 225 g/mol. The zero-order valence-electron chi connectivity index (χ0n) is 8.48. The Balaban J connectivity index is 2.03. The molecule has 1 unspecified atom stereocenters. The number of aliphatic carboxylic acids is 1. The van der Waals surface area contributed by atoms with E-state index in [2.05, 4.69) is 5.32 Å². The van der Waals surface area contributed by atoms with Crippen molar-refractivity contribution in [1.29, 1.82) is 0 Å². The second kappa shape index (κ2) is 4.77. The number of hydrogen-bond donors (Lipinski definition) is 2. The molecule has 1 fully saturated rings. The maximum absolute atomic E-state index is 11.1. The van der Waals surface area contributed by atoms with E-state index in [1.165, 1.54) is 24.2 Å². The van der Waals surface area contributed by atoms with Crippen LogP contribution in [0.5, 0.6) is 0 Å². The van der Waals surface area contributed by atoms with Crippen LogP contribution >= 0.6 is 11.3 Å². The Morgan fingerprint density at radius 1 is 1.53 bits per heavy atom. The minimum Gasteiger partial charge on any atom is -0.480 e. The Morgan fingerprint density at radius 3 is 2.80 bits per heavy atom. The van der Waals surface area contributed by atoms with E-state index >= 15 is 0 Å². The summed E-state index contributed by atoms with van der Waals surface area (Å²) in [5, 5.41) is 16.2. The highest BCUT2D eigenvalue weighted by molar-refractivity contribution is 7.08. The molecule has 0 bridgehead atoms. The summed E-state index contributed by atoms with van der Waals surface area (Å²) < 4.78 is 0. The summed E-state index contributed by atoms with van der Waals surface area (Å²) in [5.74, 6) is -0.777. The molecule has 4 heteroatoms. The van der Waals surface area contributed by atoms with Gasteiger partial charge in [-0.15, -0.1) is 0 Å². The van der Waals surface area contributed by atoms with E-state index in [9.17, 15) is 4.79 Å². The lowest BCUT2D eigenvalue weighted by Gasteiger charge is -2.18. The van der Waals surface area contributed by atoms with E-state index in [0.717, 1.165) is 18.4 Å². The number of nitrogens with one attached hydrogen (secondary N) is 1. The van der Waals surface area contributed by atoms with Crippen molar-refractivity contribution in [3.8, 4) is 0 Å². The van der Waals surface area contributed by atoms with Gasteiger partial charge >= 0.3 is 5.97 Å². The predicted molar refractivity (Wildman–Crippen MR) is 60.1 cm³/mol. The van der Waals surface area contributed by atoms with E-state index in [1.54, 1.807) is 0 Å². The summed E-state index contributed by atoms with van der Waals surface area (Å²) in [6.07, 6.45) is 4.64. The van der Waals surface area contributed by atoms with Crippen LogP contribution in [0, 0.1) is 0 Å². The highest BCUT2D eigenvalue weighted by Gasteiger charge is 2.25. The predicted octanol–water partition coefficient (Wildman–Crippen LogP) is 2.41. The van der Waals surface area contributed by atoms with Crippen molar-refractivity contribution >= 4 is 17.3 Å². The van der Waals surface area contributed by atoms with Crippen molar-refractivity contribution in [3.63, 3.8) is 0 Å². The van der Waals surface area contributed by atoms with Crippen molar-refractivity contribution in [2.45, 2.75) is 37.8 Å². The van der Waals surface area contributed by atoms with Gasteiger partial charge in [0.2, 0.25) is 0 Å². The molecule has 3 nitrogen and oxygen atoms in total. The third-order valence-corrected chi connectivity index (χ3v) is 3.58. The van der Waals surface area contributed by atoms with Gasteiger partial charge in [-0.05, 0) is 35.2 Å². The molecular formula is C11H15NO2S. The maximum atomic E-state index is 11.1. The van der Waals surface area contributed by atoms with E-state index in [1.807, 2.05) is 16.8 Å². The van der Waals surface area contributed by atoms with Gasteiger partial charge in [0.25, 0.3) is 0 Å². The molecule has 82 valence electrons. The summed E-state index contributed by atoms with van der Waals surface area (Å²) in [7, 11) is 0. The molecule has 0 amide bonds. The normalized spacial score (nSPS) is 19.2. The zero-order chi connectivity index (χ0) is 10.7. The quantitative estimate of drug-likeness (QED) is 0.827. The topological polar surface area (TPSA) is 49.3 Å². The Labute approximate surface area is 93.1 Å². The number of hydrogen-bond acceptors (Lipinski definition) is 3. The molecule has 1 heterocycles. The molecule has 0 spiro atoms. The van der Waals surface area contributed by atoms with Crippen LogP contribution in [-0.2, 0) is 4.79 Å². The molecule has 1 aromatic heterocycles. The number of carbonyl (C=O) groups is 1. The van der Waals surface area contributed by atoms with Crippen molar-refractivity contribution in [1.82, 2.24) is 5.32 Å². The van der Waals surface area contributed by atoms with Gasteiger partial charge in [0, 0.05) is 6.04 Å². The largest absolute Gasteiger partial charge is 0.480 e. The fourth-order valence-corrected chi connectivity index (χ4v) is 2.76. The summed E-state index contributed by atoms with van der Waals surface area (Å²) >= 11 is 1.54. The van der Waals surface area contributed by atoms with Crippen molar-refractivity contribution in [2.75, 3.05) is 0 Å². The minimum atomic E-state index is -0.777. The van der Waals surface area contributed by atoms with E-state index in [-0.39, 0.29) is 0 Å². The third kappa shape index (κ3) is 2.58. The first-order valence-electron chi connectivity index (χ1n) is 5.28. The van der Waals surface area contributed by atoms with Gasteiger partial charge in [-0.1, -0.05) is 12.8 Å². The Kier molecular flexibility index (Phi) is 3.38. The van der Waals surface area contributed by atoms with Crippen LogP contribution in [0.1, 0.15) is 37.3 Å². The van der Waals surface area contributed by atoms with Crippen molar-refractivity contribution < 1.29 is 9.90 Å². The third-order valence-electron chi connectivity index (χ3n) is 2.88. The Hall–Kier alpha value is -0.870. The SMILES string of the molecule is O=C(O)C(NC1CCCC1)c1ccsc1. The molecular weight excluding hydrogens is 210 g/mol. The lowest BCUT2D eigenvalue weighted by molar-refractivity contribution is -0.139. The molecule has 1 aliphatic rings. The Bertz CT molecular complexity index is 317. The number of thiophene rings is 1. The molecule has 1 aliphatic carbocycles. The summed E-state index contributed by atoms with van der Waals surface area (Å²) in [6.45, 7) is 0. The van der Waals surface area contributed by atoms with E-state index in [0.29, 0.717) is 6.04 Å². The van der Waals surface area contributed by atoms with Crippen LogP contribution in [0.2, 0.25) is 0 Å². The van der Waals surface area contributed by atoms with Crippen LogP contribution < -0.4 is 5.32 Å². The summed E-state index contributed by atoms with van der Waals surface area (Å²) in [4.78, 5) is 11.1. The standard InChI is InChI=1S/C11H15NO2S/c13-11(14)10(8-5-6-15-7-8)12-9-3-1-2-4-9/h5-7,9-10,12H,1-4H2,(H,13,14). The van der Waals surface area contributed by atoms with Crippen LogP contribution in [-0.4, -0.2) is 17.1 Å². The highest BCUT2D eigenvalue weighted by Crippen LogP contribution is 2.23. The monoisotopic (exact) mass is 225 g/mol. The van der Waals surface area contributed by atoms with Gasteiger partial charge in [-0.3, -0.25) is 10.1 Å². The zero-order valence-corrected chi connectivity index (χ0v) is 9.30. The second-order valence-electron chi connectivity index (χ2n) is 3.98. The second-order valence-corrected chi connectivity index (χ2v) is 4.76. The number of rotatable bonds is 4. The van der Waals surface area contributed by atoms with Crippen LogP contribution in [0.3, 0.4) is 0 Å². The smallest absolute Gasteiger partial charge is 0.325 e. The molecule has 2 N–H and O–H groups in total. The lowest BCUT2D eigenvalue weighted by Crippen LogP contribution is -2.35. The van der Waals surface area contributed by atoms with Gasteiger partial charge in [0.1, 0.15) is 6.04 Å². The summed E-state index contributed by atoms with van der Waals surface area (Å²) in [6, 6.07) is 1.73. The first-order valence-corrected chi connectivity index (χ1v) is 6.22. The minimum absolute atomic E-state index is 0.381. The maximum Gasteiger partial charge on any atom is 0.325 e. The molecule has 0 saturated heterocycles. The molecule has 0 aromatic carbocycles. The van der Waals surface area contributed by atoms with Crippen molar-refractivity contribution in [3.05, 3.63) is 22.4 Å². The van der Waals surface area contributed by atoms with Crippen molar-refractivity contribution in [2.24, 2.45) is 0 Å². The molecule has 0 aliphatic heterocycles. The van der Waals surface area contributed by atoms with Crippen LogP contribution in [0.4, 0.5) is 0 Å². The molecule has 1 aromatic rings.